The van der Waals surface area contributed by atoms with Crippen molar-refractivity contribution in [2.24, 2.45) is 11.8 Å². The standard InChI is InChI=1S/C18H35N3O2/c1-15-5-3-4-6-17(15)19-18(23)14-20(2)13-16-7-9-21(10-8-16)11-12-22/h15-17,22H,3-14H2,1-2H3,(H,19,23)/t15-,17+/m0/s1. The van der Waals surface area contributed by atoms with Gasteiger partial charge in [-0.2, -0.15) is 0 Å². The zero-order chi connectivity index (χ0) is 16.7. The van der Waals surface area contributed by atoms with Crippen LogP contribution in [0.1, 0.15) is 45.4 Å². The Morgan fingerprint density at radius 2 is 1.91 bits per heavy atom. The molecule has 2 rings (SSSR count). The Morgan fingerprint density at radius 3 is 2.57 bits per heavy atom. The van der Waals surface area contributed by atoms with Crippen LogP contribution in [0.5, 0.6) is 0 Å². The van der Waals surface area contributed by atoms with Crippen LogP contribution in [0.2, 0.25) is 0 Å². The third-order valence-corrected chi connectivity index (χ3v) is 5.56. The highest BCUT2D eigenvalue weighted by Crippen LogP contribution is 2.23. The number of carbonyl (C=O) groups is 1. The zero-order valence-corrected chi connectivity index (χ0v) is 15.0. The molecule has 0 spiro atoms. The van der Waals surface area contributed by atoms with Gasteiger partial charge in [0.25, 0.3) is 0 Å². The Balaban J connectivity index is 1.64. The van der Waals surface area contributed by atoms with E-state index < -0.39 is 0 Å². The summed E-state index contributed by atoms with van der Waals surface area (Å²) in [5.74, 6) is 1.48. The second-order valence-corrected chi connectivity index (χ2v) is 7.64. The number of hydrogen-bond donors (Lipinski definition) is 2. The van der Waals surface area contributed by atoms with Gasteiger partial charge in [0.15, 0.2) is 0 Å². The third kappa shape index (κ3) is 6.40. The molecule has 134 valence electrons. The average Bonchev–Trinajstić information content (AvgIpc) is 2.51. The SMILES string of the molecule is C[C@H]1CCCC[C@H]1NC(=O)CN(C)CC1CCN(CCO)CC1. The highest BCUT2D eigenvalue weighted by atomic mass is 16.3. The monoisotopic (exact) mass is 325 g/mol. The lowest BCUT2D eigenvalue weighted by Gasteiger charge is -2.34. The number of hydrogen-bond acceptors (Lipinski definition) is 4. The molecular weight excluding hydrogens is 290 g/mol. The van der Waals surface area contributed by atoms with Gasteiger partial charge in [0.1, 0.15) is 0 Å². The summed E-state index contributed by atoms with van der Waals surface area (Å²) >= 11 is 0. The molecule has 1 aliphatic carbocycles. The van der Waals surface area contributed by atoms with E-state index in [0.29, 0.717) is 24.4 Å². The molecule has 5 nitrogen and oxygen atoms in total. The Bertz CT molecular complexity index is 356. The van der Waals surface area contributed by atoms with Gasteiger partial charge in [-0.15, -0.1) is 0 Å². The number of rotatable bonds is 7. The maximum absolute atomic E-state index is 12.3. The molecule has 5 heteroatoms. The van der Waals surface area contributed by atoms with E-state index in [4.69, 9.17) is 5.11 Å². The second-order valence-electron chi connectivity index (χ2n) is 7.64. The molecule has 1 heterocycles. The number of piperidine rings is 1. The number of nitrogens with zero attached hydrogens (tertiary/aromatic N) is 2. The fourth-order valence-electron chi connectivity index (χ4n) is 4.07. The predicted octanol–water partition coefficient (Wildman–Crippen LogP) is 1.32. The molecule has 1 amide bonds. The van der Waals surface area contributed by atoms with Gasteiger partial charge in [-0.25, -0.2) is 0 Å². The lowest BCUT2D eigenvalue weighted by molar-refractivity contribution is -0.123. The van der Waals surface area contributed by atoms with Crippen LogP contribution in [0.25, 0.3) is 0 Å². The van der Waals surface area contributed by atoms with Crippen molar-refractivity contribution in [3.8, 4) is 0 Å². The highest BCUT2D eigenvalue weighted by molar-refractivity contribution is 5.78. The van der Waals surface area contributed by atoms with Crippen LogP contribution < -0.4 is 5.32 Å². The zero-order valence-electron chi connectivity index (χ0n) is 15.0. The summed E-state index contributed by atoms with van der Waals surface area (Å²) in [4.78, 5) is 16.8. The van der Waals surface area contributed by atoms with Crippen LogP contribution in [0.15, 0.2) is 0 Å². The largest absolute Gasteiger partial charge is 0.395 e. The van der Waals surface area contributed by atoms with Crippen molar-refractivity contribution in [3.63, 3.8) is 0 Å². The summed E-state index contributed by atoms with van der Waals surface area (Å²) < 4.78 is 0. The number of β-amino-alcohol motifs (C(OH)–C–C–N with tert-alkyl or cyclic N) is 1. The van der Waals surface area contributed by atoms with Gasteiger partial charge in [-0.1, -0.05) is 19.8 Å². The van der Waals surface area contributed by atoms with E-state index >= 15 is 0 Å². The van der Waals surface area contributed by atoms with Crippen LogP contribution in [-0.4, -0.2) is 73.2 Å². The Morgan fingerprint density at radius 1 is 1.22 bits per heavy atom. The van der Waals surface area contributed by atoms with E-state index in [1.807, 2.05) is 0 Å². The summed E-state index contributed by atoms with van der Waals surface area (Å²) in [5.41, 5.74) is 0. The smallest absolute Gasteiger partial charge is 0.234 e. The molecule has 2 atom stereocenters. The van der Waals surface area contributed by atoms with Gasteiger partial charge >= 0.3 is 0 Å². The number of carbonyl (C=O) groups excluding carboxylic acids is 1. The molecule has 0 bridgehead atoms. The Kier molecular flexibility index (Phi) is 7.80. The average molecular weight is 325 g/mol. The van der Waals surface area contributed by atoms with Crippen LogP contribution >= 0.6 is 0 Å². The lowest BCUT2D eigenvalue weighted by atomic mass is 9.86. The molecule has 1 saturated heterocycles. The van der Waals surface area contributed by atoms with Crippen LogP contribution in [0, 0.1) is 11.8 Å². The van der Waals surface area contributed by atoms with Crippen molar-refractivity contribution < 1.29 is 9.90 Å². The van der Waals surface area contributed by atoms with E-state index in [1.165, 1.54) is 32.1 Å². The maximum atomic E-state index is 12.3. The second kappa shape index (κ2) is 9.60. The molecule has 0 aromatic carbocycles. The predicted molar refractivity (Wildman–Crippen MR) is 93.3 cm³/mol. The van der Waals surface area contributed by atoms with E-state index in [-0.39, 0.29) is 12.5 Å². The van der Waals surface area contributed by atoms with Crippen LogP contribution in [-0.2, 0) is 4.79 Å². The van der Waals surface area contributed by atoms with Gasteiger partial charge in [0.05, 0.1) is 13.2 Å². The first kappa shape index (κ1) is 18.7. The molecule has 1 aliphatic heterocycles. The van der Waals surface area contributed by atoms with Crippen molar-refractivity contribution in [2.75, 3.05) is 46.4 Å². The first-order valence-electron chi connectivity index (χ1n) is 9.39. The number of likely N-dealkylation sites (tertiary alicyclic amines) is 1. The Labute approximate surface area is 141 Å². The molecule has 0 radical (unpaired) electrons. The molecule has 23 heavy (non-hydrogen) atoms. The lowest BCUT2D eigenvalue weighted by Crippen LogP contribution is -2.46. The first-order valence-corrected chi connectivity index (χ1v) is 9.39. The summed E-state index contributed by atoms with van der Waals surface area (Å²) in [7, 11) is 2.06. The number of aliphatic hydroxyl groups excluding tert-OH is 1. The van der Waals surface area contributed by atoms with Crippen molar-refractivity contribution in [3.05, 3.63) is 0 Å². The number of aliphatic hydroxyl groups is 1. The molecule has 0 aromatic heterocycles. The van der Waals surface area contributed by atoms with Gasteiger partial charge in [-0.05, 0) is 57.7 Å². The molecule has 1 saturated carbocycles. The molecule has 0 unspecified atom stereocenters. The van der Waals surface area contributed by atoms with Gasteiger partial charge in [0, 0.05) is 19.1 Å². The van der Waals surface area contributed by atoms with Gasteiger partial charge in [0.2, 0.25) is 5.91 Å². The molecular formula is C18H35N3O2. The quantitative estimate of drug-likeness (QED) is 0.741. The first-order chi connectivity index (χ1) is 11.1. The fraction of sp³-hybridized carbons (Fsp3) is 0.944. The molecule has 0 aromatic rings. The number of nitrogens with one attached hydrogen (secondary N) is 1. The topological polar surface area (TPSA) is 55.8 Å². The Hall–Kier alpha value is -0.650. The van der Waals surface area contributed by atoms with Crippen molar-refractivity contribution in [1.29, 1.82) is 0 Å². The van der Waals surface area contributed by atoms with Crippen molar-refractivity contribution in [2.45, 2.75) is 51.5 Å². The van der Waals surface area contributed by atoms with Crippen molar-refractivity contribution in [1.82, 2.24) is 15.1 Å². The van der Waals surface area contributed by atoms with Crippen LogP contribution in [0.3, 0.4) is 0 Å². The third-order valence-electron chi connectivity index (χ3n) is 5.56. The minimum Gasteiger partial charge on any atom is -0.395 e. The summed E-state index contributed by atoms with van der Waals surface area (Å²) in [5, 5.41) is 12.2. The number of likely N-dealkylation sites (N-methyl/N-ethyl adjacent to an activating group) is 1. The maximum Gasteiger partial charge on any atom is 0.234 e. The van der Waals surface area contributed by atoms with Gasteiger partial charge in [-0.3, -0.25) is 9.69 Å². The van der Waals surface area contributed by atoms with E-state index in [2.05, 4.69) is 29.1 Å². The summed E-state index contributed by atoms with van der Waals surface area (Å²) in [6.07, 6.45) is 7.28. The van der Waals surface area contributed by atoms with E-state index in [1.54, 1.807) is 0 Å². The summed E-state index contributed by atoms with van der Waals surface area (Å²) in [6.45, 7) is 6.97. The molecule has 2 aliphatic rings. The summed E-state index contributed by atoms with van der Waals surface area (Å²) in [6, 6.07) is 0.381. The van der Waals surface area contributed by atoms with Crippen LogP contribution in [0.4, 0.5) is 0 Å². The minimum atomic E-state index is 0.184. The molecule has 2 fully saturated rings. The van der Waals surface area contributed by atoms with E-state index in [9.17, 15) is 4.79 Å². The molecule has 2 N–H and O–H groups in total. The minimum absolute atomic E-state index is 0.184. The highest BCUT2D eigenvalue weighted by Gasteiger charge is 2.24. The number of amides is 1. The van der Waals surface area contributed by atoms with Gasteiger partial charge < -0.3 is 15.3 Å². The normalized spacial score (nSPS) is 27.3. The van der Waals surface area contributed by atoms with Crippen molar-refractivity contribution >= 4 is 5.91 Å². The fourth-order valence-corrected chi connectivity index (χ4v) is 4.07. The van der Waals surface area contributed by atoms with E-state index in [0.717, 1.165) is 32.6 Å².